The van der Waals surface area contributed by atoms with E-state index in [0.717, 1.165) is 42.9 Å². The lowest BCUT2D eigenvalue weighted by Gasteiger charge is -2.29. The molecule has 0 aromatic heterocycles. The number of nitrogens with one attached hydrogen (secondary N) is 3. The summed E-state index contributed by atoms with van der Waals surface area (Å²) < 4.78 is 0. The van der Waals surface area contributed by atoms with Crippen LogP contribution in [0.4, 0.5) is 4.79 Å². The predicted molar refractivity (Wildman–Crippen MR) is 105 cm³/mol. The summed E-state index contributed by atoms with van der Waals surface area (Å²) in [5, 5.41) is 9.50. The molecule has 142 valence electrons. The summed E-state index contributed by atoms with van der Waals surface area (Å²) in [4.78, 5) is 17.9. The van der Waals surface area contributed by atoms with Gasteiger partial charge in [-0.2, -0.15) is 0 Å². The highest BCUT2D eigenvalue weighted by Gasteiger charge is 2.29. The third-order valence-corrected chi connectivity index (χ3v) is 4.01. The third-order valence-electron chi connectivity index (χ3n) is 4.01. The van der Waals surface area contributed by atoms with Crippen molar-refractivity contribution in [2.45, 2.75) is 32.9 Å². The molecule has 2 rings (SSSR count). The smallest absolute Gasteiger partial charge is 0.327 e. The van der Waals surface area contributed by atoms with Gasteiger partial charge in [-0.1, -0.05) is 12.2 Å². The Morgan fingerprint density at radius 2 is 2.19 bits per heavy atom. The van der Waals surface area contributed by atoms with Gasteiger partial charge in [0.2, 0.25) is 0 Å². The molecule has 1 atom stereocenters. The highest BCUT2D eigenvalue weighted by atomic mass is 16.2. The van der Waals surface area contributed by atoms with Crippen molar-refractivity contribution in [3.63, 3.8) is 0 Å². The molecule has 0 fully saturated rings. The monoisotopic (exact) mass is 359 g/mol. The van der Waals surface area contributed by atoms with E-state index in [-0.39, 0.29) is 18.2 Å². The van der Waals surface area contributed by atoms with Gasteiger partial charge in [-0.3, -0.25) is 9.89 Å². The Bertz CT molecular complexity index is 656. The number of guanidine groups is 1. The number of hydrogen-bond acceptors (Lipinski definition) is 4. The zero-order valence-corrected chi connectivity index (χ0v) is 15.5. The van der Waals surface area contributed by atoms with Gasteiger partial charge in [-0.05, 0) is 51.9 Å². The molecule has 0 aromatic rings. The van der Waals surface area contributed by atoms with Crippen molar-refractivity contribution in [1.29, 1.82) is 0 Å². The molecule has 1 unspecified atom stereocenters. The lowest BCUT2D eigenvalue weighted by molar-refractivity contribution is 0.217. The van der Waals surface area contributed by atoms with Crippen molar-refractivity contribution in [2.24, 2.45) is 16.5 Å². The van der Waals surface area contributed by atoms with Gasteiger partial charge in [-0.25, -0.2) is 4.79 Å². The Balaban J connectivity index is 1.77. The number of fused-ring (bicyclic) bond motifs is 1. The standard InChI is InChI=1S/C18H29N7O/c1-3-15(7-4-5-8-21-9-6-10-22-17(19)20)25-12-14-11-13(2)23-16(14)24-18(25)26/h3-4,7,11-12,16,21,23H,5-6,8-10H2,1-2H3,(H,24,26)(H4,19,20,22). The van der Waals surface area contributed by atoms with Gasteiger partial charge in [0.05, 0.1) is 0 Å². The van der Waals surface area contributed by atoms with E-state index in [1.807, 2.05) is 38.3 Å². The van der Waals surface area contributed by atoms with Crippen molar-refractivity contribution in [1.82, 2.24) is 20.9 Å². The fourth-order valence-corrected chi connectivity index (χ4v) is 2.75. The van der Waals surface area contributed by atoms with Crippen molar-refractivity contribution in [3.8, 4) is 0 Å². The fourth-order valence-electron chi connectivity index (χ4n) is 2.75. The SMILES string of the molecule is CC=C(C=CCCNCCCN=C(N)N)N1C=C2C=C(C)NC2NC1=O. The van der Waals surface area contributed by atoms with E-state index in [9.17, 15) is 4.79 Å². The van der Waals surface area contributed by atoms with E-state index >= 15 is 0 Å². The zero-order chi connectivity index (χ0) is 18.9. The normalized spacial score (nSPS) is 19.6. The number of carbonyl (C=O) groups excluding carboxylic acids is 1. The summed E-state index contributed by atoms with van der Waals surface area (Å²) in [5.41, 5.74) is 13.5. The second-order valence-corrected chi connectivity index (χ2v) is 6.17. The molecule has 0 bridgehead atoms. The van der Waals surface area contributed by atoms with E-state index in [2.05, 4.69) is 27.0 Å². The van der Waals surface area contributed by atoms with E-state index < -0.39 is 0 Å². The first kappa shape index (κ1) is 19.6. The average Bonchev–Trinajstić information content (AvgIpc) is 2.95. The number of aliphatic imine (C=N–C) groups is 1. The second-order valence-electron chi connectivity index (χ2n) is 6.17. The van der Waals surface area contributed by atoms with Crippen molar-refractivity contribution >= 4 is 12.0 Å². The minimum absolute atomic E-state index is 0.121. The molecule has 2 aliphatic heterocycles. The Labute approximate surface area is 154 Å². The molecule has 2 amide bonds. The summed E-state index contributed by atoms with van der Waals surface area (Å²) >= 11 is 0. The van der Waals surface area contributed by atoms with Gasteiger partial charge in [0, 0.05) is 29.7 Å². The quantitative estimate of drug-likeness (QED) is 0.181. The molecule has 8 nitrogen and oxygen atoms in total. The molecule has 0 saturated carbocycles. The molecule has 0 radical (unpaired) electrons. The van der Waals surface area contributed by atoms with E-state index in [1.54, 1.807) is 4.90 Å². The molecular weight excluding hydrogens is 330 g/mol. The Morgan fingerprint density at radius 1 is 1.38 bits per heavy atom. The van der Waals surface area contributed by atoms with Gasteiger partial charge in [0.1, 0.15) is 6.17 Å². The van der Waals surface area contributed by atoms with Crippen molar-refractivity contribution in [2.75, 3.05) is 19.6 Å². The van der Waals surface area contributed by atoms with Gasteiger partial charge in [0.25, 0.3) is 0 Å². The summed E-state index contributed by atoms with van der Waals surface area (Å²) in [6, 6.07) is -0.134. The average molecular weight is 359 g/mol. The molecule has 0 aliphatic carbocycles. The van der Waals surface area contributed by atoms with Crippen LogP contribution >= 0.6 is 0 Å². The lowest BCUT2D eigenvalue weighted by Crippen LogP contribution is -2.50. The van der Waals surface area contributed by atoms with Crippen LogP contribution in [0.1, 0.15) is 26.7 Å². The molecule has 0 aromatic carbocycles. The Morgan fingerprint density at radius 3 is 2.92 bits per heavy atom. The highest BCUT2D eigenvalue weighted by Crippen LogP contribution is 2.22. The van der Waals surface area contributed by atoms with Gasteiger partial charge >= 0.3 is 6.03 Å². The third kappa shape index (κ3) is 5.66. The fraction of sp³-hybridized carbons (Fsp3) is 0.444. The zero-order valence-electron chi connectivity index (χ0n) is 15.5. The minimum Gasteiger partial charge on any atom is -0.370 e. The Kier molecular flexibility index (Phi) is 7.28. The van der Waals surface area contributed by atoms with Crippen LogP contribution < -0.4 is 27.4 Å². The first-order valence-electron chi connectivity index (χ1n) is 8.86. The number of urea groups is 1. The van der Waals surface area contributed by atoms with Crippen LogP contribution in [-0.4, -0.2) is 42.7 Å². The maximum absolute atomic E-state index is 12.3. The maximum atomic E-state index is 12.3. The van der Waals surface area contributed by atoms with E-state index in [4.69, 9.17) is 11.5 Å². The first-order valence-corrected chi connectivity index (χ1v) is 8.86. The number of rotatable bonds is 9. The predicted octanol–water partition coefficient (Wildman–Crippen LogP) is 0.832. The molecule has 8 heteroatoms. The minimum atomic E-state index is -0.134. The number of nitrogens with zero attached hydrogens (tertiary/aromatic N) is 2. The molecule has 26 heavy (non-hydrogen) atoms. The summed E-state index contributed by atoms with van der Waals surface area (Å²) in [6.45, 7) is 6.26. The molecule has 0 saturated heterocycles. The number of hydrogen-bond donors (Lipinski definition) is 5. The number of amides is 2. The summed E-state index contributed by atoms with van der Waals surface area (Å²) in [6.07, 6.45) is 11.5. The summed E-state index contributed by atoms with van der Waals surface area (Å²) in [7, 11) is 0. The number of allylic oxidation sites excluding steroid dienone is 3. The van der Waals surface area contributed by atoms with Gasteiger partial charge < -0.3 is 27.4 Å². The van der Waals surface area contributed by atoms with Crippen LogP contribution in [-0.2, 0) is 0 Å². The van der Waals surface area contributed by atoms with Gasteiger partial charge in [0.15, 0.2) is 5.96 Å². The molecule has 7 N–H and O–H groups in total. The van der Waals surface area contributed by atoms with Crippen LogP contribution in [0.3, 0.4) is 0 Å². The van der Waals surface area contributed by atoms with Crippen molar-refractivity contribution in [3.05, 3.63) is 47.5 Å². The largest absolute Gasteiger partial charge is 0.370 e. The van der Waals surface area contributed by atoms with Crippen molar-refractivity contribution < 1.29 is 4.79 Å². The molecule has 2 heterocycles. The van der Waals surface area contributed by atoms with Crippen LogP contribution in [0, 0.1) is 0 Å². The van der Waals surface area contributed by atoms with Crippen LogP contribution in [0.5, 0.6) is 0 Å². The number of nitrogens with two attached hydrogens (primary N) is 2. The summed E-state index contributed by atoms with van der Waals surface area (Å²) in [5.74, 6) is 0.133. The second kappa shape index (κ2) is 9.67. The topological polar surface area (TPSA) is 121 Å². The molecular formula is C18H29N7O. The lowest BCUT2D eigenvalue weighted by atomic mass is 10.2. The van der Waals surface area contributed by atoms with Crippen LogP contribution in [0.2, 0.25) is 0 Å². The highest BCUT2D eigenvalue weighted by molar-refractivity contribution is 5.81. The first-order chi connectivity index (χ1) is 12.5. The molecule has 2 aliphatic rings. The maximum Gasteiger partial charge on any atom is 0.327 e. The van der Waals surface area contributed by atoms with Gasteiger partial charge in [-0.15, -0.1) is 0 Å². The van der Waals surface area contributed by atoms with E-state index in [1.165, 1.54) is 0 Å². The van der Waals surface area contributed by atoms with Crippen LogP contribution in [0.15, 0.2) is 52.5 Å². The molecule has 0 spiro atoms. The van der Waals surface area contributed by atoms with Crippen LogP contribution in [0.25, 0.3) is 0 Å². The van der Waals surface area contributed by atoms with E-state index in [0.29, 0.717) is 6.54 Å². The number of carbonyl (C=O) groups is 1. The Hall–Kier alpha value is -2.74.